The summed E-state index contributed by atoms with van der Waals surface area (Å²) in [5.41, 5.74) is 7.42. The maximum Gasteiger partial charge on any atom is 0.329 e. The summed E-state index contributed by atoms with van der Waals surface area (Å²) in [6.45, 7) is 4.96. The van der Waals surface area contributed by atoms with Gasteiger partial charge in [0.1, 0.15) is 0 Å². The Hall–Kier alpha value is -2.35. The Morgan fingerprint density at radius 1 is 1.25 bits per heavy atom. The lowest BCUT2D eigenvalue weighted by Crippen LogP contribution is -2.28. The van der Waals surface area contributed by atoms with E-state index >= 15 is 0 Å². The van der Waals surface area contributed by atoms with Crippen LogP contribution in [0.1, 0.15) is 11.4 Å². The van der Waals surface area contributed by atoms with Crippen molar-refractivity contribution >= 4 is 16.9 Å². The third-order valence-corrected chi connectivity index (χ3v) is 3.76. The first kappa shape index (κ1) is 12.7. The van der Waals surface area contributed by atoms with Crippen molar-refractivity contribution in [3.63, 3.8) is 0 Å². The molecule has 0 unspecified atom stereocenters. The average molecular weight is 276 g/mol. The predicted octanol–water partition coefficient (Wildman–Crippen LogP) is -0.748. The van der Waals surface area contributed by atoms with Gasteiger partial charge in [-0.1, -0.05) is 0 Å². The summed E-state index contributed by atoms with van der Waals surface area (Å²) in [5.74, 6) is 0.632. The second-order valence-electron chi connectivity index (χ2n) is 4.85. The van der Waals surface area contributed by atoms with Gasteiger partial charge in [-0.2, -0.15) is 4.98 Å². The molecule has 3 heterocycles. The summed E-state index contributed by atoms with van der Waals surface area (Å²) in [4.78, 5) is 30.5. The molecule has 0 spiro atoms. The SMILES string of the molecule is Cc1c(C)n2c3c(=O)[nH]c(=O)n(C)c3nc2n1CCN. The summed E-state index contributed by atoms with van der Waals surface area (Å²) in [6, 6.07) is 0. The number of rotatable bonds is 2. The topological polar surface area (TPSA) is 103 Å². The molecule has 0 aliphatic heterocycles. The number of hydrogen-bond donors (Lipinski definition) is 2. The fraction of sp³-hybridized carbons (Fsp3) is 0.417. The highest BCUT2D eigenvalue weighted by Crippen LogP contribution is 2.19. The molecule has 0 saturated carbocycles. The third-order valence-electron chi connectivity index (χ3n) is 3.76. The van der Waals surface area contributed by atoms with Crippen LogP contribution in [0.25, 0.3) is 16.9 Å². The molecule has 0 amide bonds. The predicted molar refractivity (Wildman–Crippen MR) is 75.1 cm³/mol. The van der Waals surface area contributed by atoms with Crippen molar-refractivity contribution in [2.24, 2.45) is 12.8 Å². The van der Waals surface area contributed by atoms with E-state index in [9.17, 15) is 9.59 Å². The van der Waals surface area contributed by atoms with Crippen LogP contribution in [0.15, 0.2) is 9.59 Å². The molecule has 0 bridgehead atoms. The quantitative estimate of drug-likeness (QED) is 0.643. The summed E-state index contributed by atoms with van der Waals surface area (Å²) >= 11 is 0. The summed E-state index contributed by atoms with van der Waals surface area (Å²) in [6.07, 6.45) is 0. The number of hydrogen-bond acceptors (Lipinski definition) is 4. The Morgan fingerprint density at radius 2 is 1.95 bits per heavy atom. The zero-order valence-electron chi connectivity index (χ0n) is 11.6. The van der Waals surface area contributed by atoms with Crippen molar-refractivity contribution in [2.45, 2.75) is 20.4 Å². The van der Waals surface area contributed by atoms with Gasteiger partial charge in [-0.05, 0) is 13.8 Å². The molecule has 0 saturated heterocycles. The van der Waals surface area contributed by atoms with Crippen molar-refractivity contribution in [3.05, 3.63) is 32.2 Å². The van der Waals surface area contributed by atoms with Gasteiger partial charge < -0.3 is 10.3 Å². The van der Waals surface area contributed by atoms with Crippen molar-refractivity contribution in [2.75, 3.05) is 6.54 Å². The van der Waals surface area contributed by atoms with E-state index in [0.717, 1.165) is 11.4 Å². The number of imidazole rings is 2. The Labute approximate surface area is 113 Å². The summed E-state index contributed by atoms with van der Waals surface area (Å²) in [7, 11) is 1.59. The standard InChI is InChI=1S/C12H16N6O2/c1-6-7(2)18-8-9(14-11(18)17(6)5-4-13)16(3)12(20)15-10(8)19/h4-5,13H2,1-3H3,(H,15,19,20). The number of fused-ring (bicyclic) bond motifs is 3. The lowest BCUT2D eigenvalue weighted by Gasteiger charge is -2.03. The van der Waals surface area contributed by atoms with Crippen molar-refractivity contribution in [1.82, 2.24) is 23.5 Å². The molecule has 3 aromatic heterocycles. The van der Waals surface area contributed by atoms with E-state index in [1.807, 2.05) is 18.4 Å². The molecular weight excluding hydrogens is 260 g/mol. The van der Waals surface area contributed by atoms with Crippen LogP contribution in [0.2, 0.25) is 0 Å². The molecule has 106 valence electrons. The van der Waals surface area contributed by atoms with Crippen molar-refractivity contribution in [1.29, 1.82) is 0 Å². The second-order valence-corrected chi connectivity index (χ2v) is 4.85. The molecule has 3 N–H and O–H groups in total. The van der Waals surface area contributed by atoms with E-state index in [1.165, 1.54) is 4.57 Å². The van der Waals surface area contributed by atoms with Gasteiger partial charge in [0.15, 0.2) is 11.2 Å². The summed E-state index contributed by atoms with van der Waals surface area (Å²) in [5, 5.41) is 0. The third kappa shape index (κ3) is 1.42. The van der Waals surface area contributed by atoms with Crippen LogP contribution < -0.4 is 17.0 Å². The van der Waals surface area contributed by atoms with E-state index in [-0.39, 0.29) is 0 Å². The molecule has 20 heavy (non-hydrogen) atoms. The van der Waals surface area contributed by atoms with Gasteiger partial charge in [0.05, 0.1) is 0 Å². The Kier molecular flexibility index (Phi) is 2.58. The smallest absolute Gasteiger partial charge is 0.329 e. The number of aromatic amines is 1. The van der Waals surface area contributed by atoms with Crippen LogP contribution >= 0.6 is 0 Å². The van der Waals surface area contributed by atoms with Gasteiger partial charge in [-0.25, -0.2) is 4.79 Å². The number of nitrogens with zero attached hydrogens (tertiary/aromatic N) is 4. The maximum atomic E-state index is 12.1. The molecule has 0 fully saturated rings. The van der Waals surface area contributed by atoms with Gasteiger partial charge in [-0.3, -0.25) is 18.7 Å². The lowest BCUT2D eigenvalue weighted by atomic mass is 10.3. The fourth-order valence-corrected chi connectivity index (χ4v) is 2.57. The fourth-order valence-electron chi connectivity index (χ4n) is 2.57. The normalized spacial score (nSPS) is 11.8. The van der Waals surface area contributed by atoms with Crippen LogP contribution in [0.3, 0.4) is 0 Å². The average Bonchev–Trinajstić information content (AvgIpc) is 2.89. The monoisotopic (exact) mass is 276 g/mol. The largest absolute Gasteiger partial charge is 0.329 e. The highest BCUT2D eigenvalue weighted by Gasteiger charge is 2.19. The van der Waals surface area contributed by atoms with Gasteiger partial charge >= 0.3 is 5.69 Å². The van der Waals surface area contributed by atoms with E-state index in [2.05, 4.69) is 9.97 Å². The number of nitrogens with one attached hydrogen (secondary N) is 1. The molecule has 8 heteroatoms. The van der Waals surface area contributed by atoms with Crippen LogP contribution in [-0.4, -0.2) is 30.0 Å². The molecule has 0 atom stereocenters. The lowest BCUT2D eigenvalue weighted by molar-refractivity contribution is 0.704. The highest BCUT2D eigenvalue weighted by molar-refractivity contribution is 5.76. The molecule has 8 nitrogen and oxygen atoms in total. The minimum absolute atomic E-state index is 0.377. The van der Waals surface area contributed by atoms with Crippen LogP contribution in [0, 0.1) is 13.8 Å². The maximum absolute atomic E-state index is 12.1. The van der Waals surface area contributed by atoms with Gasteiger partial charge in [0.25, 0.3) is 5.56 Å². The molecule has 0 aromatic carbocycles. The second kappa shape index (κ2) is 4.07. The first-order chi connectivity index (χ1) is 9.47. The first-order valence-corrected chi connectivity index (χ1v) is 6.34. The minimum Gasteiger partial charge on any atom is -0.329 e. The highest BCUT2D eigenvalue weighted by atomic mass is 16.2. The number of nitrogens with two attached hydrogens (primary N) is 1. The van der Waals surface area contributed by atoms with E-state index in [0.29, 0.717) is 30.0 Å². The van der Waals surface area contributed by atoms with Crippen LogP contribution in [0.4, 0.5) is 0 Å². The molecule has 0 aliphatic carbocycles. The Morgan fingerprint density at radius 3 is 2.60 bits per heavy atom. The first-order valence-electron chi connectivity index (χ1n) is 6.34. The number of aryl methyl sites for hydroxylation is 2. The molecule has 0 radical (unpaired) electrons. The van der Waals surface area contributed by atoms with E-state index < -0.39 is 11.2 Å². The van der Waals surface area contributed by atoms with Crippen LogP contribution in [0.5, 0.6) is 0 Å². The van der Waals surface area contributed by atoms with Gasteiger partial charge in [0.2, 0.25) is 5.78 Å². The molecule has 3 rings (SSSR count). The summed E-state index contributed by atoms with van der Waals surface area (Å²) < 4.78 is 5.07. The van der Waals surface area contributed by atoms with E-state index in [1.54, 1.807) is 11.4 Å². The van der Waals surface area contributed by atoms with Crippen molar-refractivity contribution in [3.8, 4) is 0 Å². The Bertz CT molecular complexity index is 939. The van der Waals surface area contributed by atoms with Gasteiger partial charge in [-0.15, -0.1) is 0 Å². The molecular formula is C12H16N6O2. The van der Waals surface area contributed by atoms with Gasteiger partial charge in [0, 0.05) is 31.5 Å². The molecule has 3 aromatic rings. The van der Waals surface area contributed by atoms with Crippen molar-refractivity contribution < 1.29 is 0 Å². The number of aromatic nitrogens is 5. The Balaban J connectivity index is 2.61. The van der Waals surface area contributed by atoms with Crippen LogP contribution in [-0.2, 0) is 13.6 Å². The zero-order valence-corrected chi connectivity index (χ0v) is 11.6. The van der Waals surface area contributed by atoms with E-state index in [4.69, 9.17) is 5.73 Å². The minimum atomic E-state index is -0.469. The zero-order chi connectivity index (χ0) is 14.6. The number of H-pyrrole nitrogens is 1. The molecule has 0 aliphatic rings.